The number of likely N-dealkylation sites (tertiary alicyclic amines) is 1. The number of hydrogen-bond acceptors (Lipinski definition) is 7. The van der Waals surface area contributed by atoms with E-state index in [0.717, 1.165) is 48.2 Å². The summed E-state index contributed by atoms with van der Waals surface area (Å²) in [6.45, 7) is 1.30. The number of benzene rings is 2. The minimum atomic E-state index is -0.772. The van der Waals surface area contributed by atoms with E-state index >= 15 is 0 Å². The number of halogens is 2. The quantitative estimate of drug-likeness (QED) is 0.390. The standard InChI is InChI=1S/C27H23BrClN3O5S2/c28-14-4-9-18(37-13-19(33)31-10-2-1-3-11-31)17(12-14)20-21-23(38-24-22(20)39-27(36)30-24)26(35)32(25(21)34)16-7-5-15(29)6-8-16/h4-9,12,20-21,23H,1-3,10-11,13H2,(H,30,36)/t20-,21?,23?/m1/s1. The maximum atomic E-state index is 14.0. The maximum Gasteiger partial charge on any atom is 0.305 e. The number of carbonyl (C=O) groups excluding carboxylic acids is 3. The van der Waals surface area contributed by atoms with E-state index in [0.29, 0.717) is 31.9 Å². The van der Waals surface area contributed by atoms with Crippen LogP contribution in [0.3, 0.4) is 0 Å². The lowest BCUT2D eigenvalue weighted by atomic mass is 9.82. The smallest absolute Gasteiger partial charge is 0.305 e. The van der Waals surface area contributed by atoms with Gasteiger partial charge in [0, 0.05) is 38.9 Å². The minimum absolute atomic E-state index is 0.0892. The van der Waals surface area contributed by atoms with E-state index in [-0.39, 0.29) is 29.2 Å². The third kappa shape index (κ3) is 4.94. The number of ether oxygens (including phenoxy) is 1. The molecule has 6 rings (SSSR count). The lowest BCUT2D eigenvalue weighted by molar-refractivity contribution is -0.134. The average molecular weight is 649 g/mol. The zero-order chi connectivity index (χ0) is 27.3. The Labute approximate surface area is 245 Å². The van der Waals surface area contributed by atoms with Crippen molar-refractivity contribution < 1.29 is 19.1 Å². The molecule has 2 unspecified atom stereocenters. The summed E-state index contributed by atoms with van der Waals surface area (Å²) in [7, 11) is 0. The number of imide groups is 1. The molecule has 202 valence electrons. The Morgan fingerprint density at radius 2 is 1.79 bits per heavy atom. The molecule has 1 N–H and O–H groups in total. The number of H-pyrrole nitrogens is 1. The van der Waals surface area contributed by atoms with Gasteiger partial charge in [-0.05, 0) is 61.7 Å². The summed E-state index contributed by atoms with van der Waals surface area (Å²) in [6.07, 6.45) is 3.08. The van der Waals surface area contributed by atoms with Crippen molar-refractivity contribution in [2.24, 2.45) is 5.92 Å². The summed E-state index contributed by atoms with van der Waals surface area (Å²) in [5.41, 5.74) is 1.08. The highest BCUT2D eigenvalue weighted by atomic mass is 79.9. The second kappa shape index (κ2) is 10.8. The van der Waals surface area contributed by atoms with Gasteiger partial charge in [0.15, 0.2) is 6.61 Å². The number of amides is 3. The van der Waals surface area contributed by atoms with Crippen LogP contribution in [0, 0.1) is 5.92 Å². The number of aromatic nitrogens is 1. The van der Waals surface area contributed by atoms with Crippen molar-refractivity contribution in [1.82, 2.24) is 9.88 Å². The monoisotopic (exact) mass is 647 g/mol. The molecule has 8 nitrogen and oxygen atoms in total. The molecule has 3 atom stereocenters. The van der Waals surface area contributed by atoms with Crippen LogP contribution in [-0.4, -0.2) is 52.6 Å². The highest BCUT2D eigenvalue weighted by molar-refractivity contribution is 9.10. The Morgan fingerprint density at radius 3 is 2.54 bits per heavy atom. The van der Waals surface area contributed by atoms with E-state index in [1.54, 1.807) is 36.4 Å². The van der Waals surface area contributed by atoms with E-state index in [9.17, 15) is 19.2 Å². The molecule has 3 amide bonds. The molecular weight excluding hydrogens is 626 g/mol. The van der Waals surface area contributed by atoms with Gasteiger partial charge < -0.3 is 14.6 Å². The van der Waals surface area contributed by atoms with Gasteiger partial charge in [-0.1, -0.05) is 50.6 Å². The lowest BCUT2D eigenvalue weighted by Crippen LogP contribution is -2.38. The third-order valence-electron chi connectivity index (χ3n) is 7.28. The van der Waals surface area contributed by atoms with Crippen LogP contribution in [0.15, 0.2) is 56.8 Å². The molecule has 39 heavy (non-hydrogen) atoms. The molecule has 1 aromatic heterocycles. The molecule has 0 bridgehead atoms. The van der Waals surface area contributed by atoms with Crippen LogP contribution in [0.4, 0.5) is 5.69 Å². The Hall–Kier alpha value is -2.60. The van der Waals surface area contributed by atoms with Gasteiger partial charge in [-0.3, -0.25) is 19.2 Å². The largest absolute Gasteiger partial charge is 0.483 e. The molecule has 2 saturated heterocycles. The lowest BCUT2D eigenvalue weighted by Gasteiger charge is -2.31. The van der Waals surface area contributed by atoms with Crippen molar-refractivity contribution in [3.8, 4) is 5.75 Å². The molecule has 3 aromatic rings. The number of nitrogens with zero attached hydrogens (tertiary/aromatic N) is 2. The van der Waals surface area contributed by atoms with Crippen molar-refractivity contribution in [2.75, 3.05) is 24.6 Å². The number of rotatable bonds is 5. The number of hydrogen-bond donors (Lipinski definition) is 1. The van der Waals surface area contributed by atoms with E-state index < -0.39 is 17.1 Å². The van der Waals surface area contributed by atoms with Gasteiger partial charge >= 0.3 is 4.87 Å². The number of fused-ring (bicyclic) bond motifs is 2. The summed E-state index contributed by atoms with van der Waals surface area (Å²) in [4.78, 5) is 59.2. The van der Waals surface area contributed by atoms with Crippen LogP contribution in [0.5, 0.6) is 5.75 Å². The van der Waals surface area contributed by atoms with Crippen LogP contribution in [0.25, 0.3) is 0 Å². The minimum Gasteiger partial charge on any atom is -0.483 e. The fourth-order valence-electron chi connectivity index (χ4n) is 5.46. The molecule has 2 aromatic carbocycles. The summed E-state index contributed by atoms with van der Waals surface area (Å²) in [6, 6.07) is 12.0. The predicted octanol–water partition coefficient (Wildman–Crippen LogP) is 5.04. The second-order valence-electron chi connectivity index (χ2n) is 9.65. The van der Waals surface area contributed by atoms with E-state index in [1.165, 1.54) is 16.7 Å². The van der Waals surface area contributed by atoms with Gasteiger partial charge in [0.05, 0.1) is 16.6 Å². The summed E-state index contributed by atoms with van der Waals surface area (Å²) in [5, 5.41) is 0.334. The first-order chi connectivity index (χ1) is 18.8. The first-order valence-corrected chi connectivity index (χ1v) is 15.4. The Bertz CT molecular complexity index is 1520. The summed E-state index contributed by atoms with van der Waals surface area (Å²) in [5.74, 6) is -1.75. The van der Waals surface area contributed by atoms with Crippen LogP contribution < -0.4 is 14.5 Å². The van der Waals surface area contributed by atoms with Crippen molar-refractivity contribution >= 4 is 74.0 Å². The van der Waals surface area contributed by atoms with Crippen molar-refractivity contribution in [3.63, 3.8) is 0 Å². The zero-order valence-electron chi connectivity index (χ0n) is 20.5. The second-order valence-corrected chi connectivity index (χ2v) is 13.2. The third-order valence-corrected chi connectivity index (χ3v) is 10.4. The molecular formula is C27H23BrClN3O5S2. The maximum absolute atomic E-state index is 14.0. The number of piperidine rings is 1. The van der Waals surface area contributed by atoms with Crippen LogP contribution in [0.1, 0.15) is 35.6 Å². The first-order valence-electron chi connectivity index (χ1n) is 12.5. The van der Waals surface area contributed by atoms with Gasteiger partial charge in [-0.25, -0.2) is 4.90 Å². The molecule has 3 aliphatic rings. The van der Waals surface area contributed by atoms with Gasteiger partial charge in [0.25, 0.3) is 5.91 Å². The fraction of sp³-hybridized carbons (Fsp3) is 0.333. The van der Waals surface area contributed by atoms with Gasteiger partial charge in [-0.2, -0.15) is 0 Å². The van der Waals surface area contributed by atoms with Crippen molar-refractivity contribution in [1.29, 1.82) is 0 Å². The normalized spacial score (nSPS) is 22.6. The topological polar surface area (TPSA) is 99.8 Å². The SMILES string of the molecule is O=C(COc1ccc(Br)cc1[C@H]1c2sc(=O)[nH]c2SC2C(=O)N(c3ccc(Cl)cc3)C(=O)C21)N1CCCCC1. The molecule has 4 heterocycles. The fourth-order valence-corrected chi connectivity index (χ4v) is 8.48. The van der Waals surface area contributed by atoms with Gasteiger partial charge in [-0.15, -0.1) is 0 Å². The van der Waals surface area contributed by atoms with Gasteiger partial charge in [0.1, 0.15) is 11.0 Å². The number of carbonyl (C=O) groups is 3. The van der Waals surface area contributed by atoms with Crippen LogP contribution >= 0.6 is 50.6 Å². The molecule has 0 spiro atoms. The van der Waals surface area contributed by atoms with Gasteiger partial charge in [0.2, 0.25) is 11.8 Å². The highest BCUT2D eigenvalue weighted by Crippen LogP contribution is 2.54. The molecule has 0 saturated carbocycles. The molecule has 2 fully saturated rings. The first kappa shape index (κ1) is 26.6. The predicted molar refractivity (Wildman–Crippen MR) is 154 cm³/mol. The molecule has 0 aliphatic carbocycles. The Morgan fingerprint density at radius 1 is 1.05 bits per heavy atom. The van der Waals surface area contributed by atoms with E-state index in [2.05, 4.69) is 20.9 Å². The number of aromatic amines is 1. The summed E-state index contributed by atoms with van der Waals surface area (Å²) >= 11 is 11.8. The molecule has 12 heteroatoms. The van der Waals surface area contributed by atoms with E-state index in [4.69, 9.17) is 16.3 Å². The zero-order valence-corrected chi connectivity index (χ0v) is 24.5. The van der Waals surface area contributed by atoms with Crippen molar-refractivity contribution in [3.05, 3.63) is 72.1 Å². The van der Waals surface area contributed by atoms with Crippen LogP contribution in [0.2, 0.25) is 5.02 Å². The van der Waals surface area contributed by atoms with Crippen molar-refractivity contribution in [2.45, 2.75) is 35.5 Å². The highest BCUT2D eigenvalue weighted by Gasteiger charge is 2.56. The average Bonchev–Trinajstić information content (AvgIpc) is 3.43. The molecule has 3 aliphatic heterocycles. The summed E-state index contributed by atoms with van der Waals surface area (Å²) < 4.78 is 6.84. The number of thioether (sulfide) groups is 1. The Kier molecular flexibility index (Phi) is 7.34. The number of nitrogens with one attached hydrogen (secondary N) is 1. The molecule has 0 radical (unpaired) electrons. The van der Waals surface area contributed by atoms with Crippen LogP contribution in [-0.2, 0) is 14.4 Å². The van der Waals surface area contributed by atoms with E-state index in [1.807, 2.05) is 11.0 Å². The Balaban J connectivity index is 1.39. The number of thiazole rings is 1. The number of anilines is 1.